The lowest BCUT2D eigenvalue weighted by atomic mass is 9.78. The van der Waals surface area contributed by atoms with Gasteiger partial charge in [0.1, 0.15) is 6.54 Å². The third-order valence-electron chi connectivity index (χ3n) is 6.32. The summed E-state index contributed by atoms with van der Waals surface area (Å²) < 4.78 is 0. The fourth-order valence-electron chi connectivity index (χ4n) is 4.44. The Balaban J connectivity index is 1.70. The molecule has 9 heteroatoms. The molecule has 9 nitrogen and oxygen atoms in total. The van der Waals surface area contributed by atoms with Crippen molar-refractivity contribution in [2.24, 2.45) is 17.8 Å². The molecular weight excluding hydrogens is 438 g/mol. The van der Waals surface area contributed by atoms with Crippen molar-refractivity contribution in [2.75, 3.05) is 6.54 Å². The molecule has 0 spiro atoms. The van der Waals surface area contributed by atoms with Gasteiger partial charge in [0.25, 0.3) is 23.4 Å². The summed E-state index contributed by atoms with van der Waals surface area (Å²) in [5.74, 6) is -3.68. The lowest BCUT2D eigenvalue weighted by molar-refractivity contribution is -0.384. The van der Waals surface area contributed by atoms with Crippen molar-refractivity contribution in [3.8, 4) is 0 Å². The number of nitro benzene ring substituents is 1. The Morgan fingerprint density at radius 1 is 1.03 bits per heavy atom. The number of carbonyl (C=O) groups excluding carboxylic acids is 4. The summed E-state index contributed by atoms with van der Waals surface area (Å²) in [5.41, 5.74) is 1.09. The Bertz CT molecular complexity index is 1200. The van der Waals surface area contributed by atoms with Crippen LogP contribution in [-0.2, 0) is 9.59 Å². The molecule has 0 bridgehead atoms. The zero-order chi connectivity index (χ0) is 24.6. The van der Waals surface area contributed by atoms with Crippen molar-refractivity contribution in [2.45, 2.75) is 20.3 Å². The molecule has 2 aromatic rings. The van der Waals surface area contributed by atoms with Crippen LogP contribution in [0.3, 0.4) is 0 Å². The normalized spacial score (nSPS) is 21.4. The largest absolute Gasteiger partial charge is 0.292 e. The third-order valence-corrected chi connectivity index (χ3v) is 6.32. The van der Waals surface area contributed by atoms with Crippen molar-refractivity contribution in [3.63, 3.8) is 0 Å². The minimum absolute atomic E-state index is 0.0175. The number of carbonyl (C=O) groups is 4. The fourth-order valence-corrected chi connectivity index (χ4v) is 4.44. The van der Waals surface area contributed by atoms with Gasteiger partial charge in [-0.1, -0.05) is 48.9 Å². The Hall–Kier alpha value is -4.14. The van der Waals surface area contributed by atoms with Crippen molar-refractivity contribution in [3.05, 3.63) is 87.5 Å². The number of allylic oxidation sites excluding steroid dienone is 2. The van der Waals surface area contributed by atoms with E-state index in [0.717, 1.165) is 27.7 Å². The lowest BCUT2D eigenvalue weighted by Gasteiger charge is -2.30. The summed E-state index contributed by atoms with van der Waals surface area (Å²) >= 11 is 0. The number of nitrogens with zero attached hydrogens (tertiary/aromatic N) is 3. The van der Waals surface area contributed by atoms with Crippen molar-refractivity contribution in [1.82, 2.24) is 10.0 Å². The highest BCUT2D eigenvalue weighted by atomic mass is 16.6. The van der Waals surface area contributed by atoms with E-state index in [0.29, 0.717) is 12.0 Å². The van der Waals surface area contributed by atoms with Crippen LogP contribution in [0.5, 0.6) is 0 Å². The van der Waals surface area contributed by atoms with Gasteiger partial charge >= 0.3 is 0 Å². The molecule has 1 aliphatic carbocycles. The predicted molar refractivity (Wildman–Crippen MR) is 121 cm³/mol. The lowest BCUT2D eigenvalue weighted by Crippen LogP contribution is -2.52. The summed E-state index contributed by atoms with van der Waals surface area (Å²) in [4.78, 5) is 63.5. The quantitative estimate of drug-likeness (QED) is 0.214. The van der Waals surface area contributed by atoms with Gasteiger partial charge in [-0.3, -0.25) is 29.3 Å². The number of benzene rings is 2. The molecule has 3 atom stereocenters. The van der Waals surface area contributed by atoms with E-state index in [1.54, 1.807) is 24.3 Å². The standard InChI is InChI=1S/C25H23N3O6/c1-15-6-8-17(9-7-15)21(29)14-26(23(30)18-10-12-19(13-11-18)28(33)34)27-24(31)20-5-3-4-16(2)22(20)25(27)32/h3-4,6-13,16,20,22H,5,14H2,1-2H3/t16-,20-,22-/m1/s1. The third kappa shape index (κ3) is 4.12. The maximum absolute atomic E-state index is 13.5. The highest BCUT2D eigenvalue weighted by molar-refractivity contribution is 6.09. The van der Waals surface area contributed by atoms with Gasteiger partial charge in [0, 0.05) is 23.3 Å². The van der Waals surface area contributed by atoms with Gasteiger partial charge < -0.3 is 0 Å². The summed E-state index contributed by atoms with van der Waals surface area (Å²) in [5, 5.41) is 12.6. The Morgan fingerprint density at radius 2 is 1.65 bits per heavy atom. The van der Waals surface area contributed by atoms with E-state index in [1.165, 1.54) is 12.1 Å². The molecule has 1 heterocycles. The Kier molecular flexibility index (Phi) is 6.10. The monoisotopic (exact) mass is 461 g/mol. The molecule has 3 amide bonds. The molecule has 1 saturated heterocycles. The van der Waals surface area contributed by atoms with Gasteiger partial charge in [0.15, 0.2) is 5.78 Å². The highest BCUT2D eigenvalue weighted by Crippen LogP contribution is 2.39. The second-order valence-corrected chi connectivity index (χ2v) is 8.60. The first-order chi connectivity index (χ1) is 16.2. The van der Waals surface area contributed by atoms with E-state index in [1.807, 2.05) is 26.0 Å². The molecule has 174 valence electrons. The van der Waals surface area contributed by atoms with Crippen molar-refractivity contribution in [1.29, 1.82) is 0 Å². The highest BCUT2D eigenvalue weighted by Gasteiger charge is 2.53. The van der Waals surface area contributed by atoms with Crippen LogP contribution in [-0.4, -0.2) is 45.0 Å². The van der Waals surface area contributed by atoms with E-state index < -0.39 is 46.8 Å². The first-order valence-corrected chi connectivity index (χ1v) is 10.9. The molecule has 0 N–H and O–H groups in total. The van der Waals surface area contributed by atoms with Gasteiger partial charge in [-0.25, -0.2) is 5.01 Å². The molecule has 0 aromatic heterocycles. The number of fused-ring (bicyclic) bond motifs is 1. The average molecular weight is 461 g/mol. The van der Waals surface area contributed by atoms with Crippen LogP contribution in [0.25, 0.3) is 0 Å². The molecule has 2 aromatic carbocycles. The van der Waals surface area contributed by atoms with E-state index in [4.69, 9.17) is 0 Å². The van der Waals surface area contributed by atoms with Gasteiger partial charge in [0.05, 0.1) is 16.8 Å². The Morgan fingerprint density at radius 3 is 2.24 bits per heavy atom. The number of Topliss-reactive ketones (excluding diaryl/α,β-unsaturated/α-hetero) is 1. The summed E-state index contributed by atoms with van der Waals surface area (Å²) in [6, 6.07) is 11.5. The number of nitro groups is 1. The van der Waals surface area contributed by atoms with E-state index in [-0.39, 0.29) is 17.2 Å². The van der Waals surface area contributed by atoms with E-state index >= 15 is 0 Å². The second-order valence-electron chi connectivity index (χ2n) is 8.60. The number of aryl methyl sites for hydroxylation is 1. The first kappa shape index (κ1) is 23.0. The number of imide groups is 1. The van der Waals surface area contributed by atoms with Gasteiger partial charge in [-0.15, -0.1) is 0 Å². The smallest absolute Gasteiger partial charge is 0.273 e. The van der Waals surface area contributed by atoms with Crippen LogP contribution < -0.4 is 0 Å². The minimum atomic E-state index is -0.767. The van der Waals surface area contributed by atoms with Crippen LogP contribution in [0.15, 0.2) is 60.7 Å². The summed E-state index contributed by atoms with van der Waals surface area (Å²) in [6.45, 7) is 3.18. The van der Waals surface area contributed by atoms with Gasteiger partial charge in [0.2, 0.25) is 0 Å². The molecule has 0 unspecified atom stereocenters. The van der Waals surface area contributed by atoms with Gasteiger partial charge in [-0.05, 0) is 31.4 Å². The van der Waals surface area contributed by atoms with E-state index in [2.05, 4.69) is 0 Å². The van der Waals surface area contributed by atoms with Crippen LogP contribution in [0.4, 0.5) is 5.69 Å². The second kappa shape index (κ2) is 9.01. The number of hydrazine groups is 1. The molecule has 2 aliphatic rings. The van der Waals surface area contributed by atoms with Gasteiger partial charge in [-0.2, -0.15) is 5.01 Å². The SMILES string of the molecule is Cc1ccc(C(=O)CN(C(=O)c2ccc([N+](=O)[O-])cc2)N2C(=O)[C@@H]3[C@H](C)C=CC[C@H]3C2=O)cc1. The number of hydrogen-bond donors (Lipinski definition) is 0. The van der Waals surface area contributed by atoms with Crippen LogP contribution in [0, 0.1) is 34.8 Å². The average Bonchev–Trinajstić information content (AvgIpc) is 3.08. The number of non-ortho nitro benzene ring substituents is 1. The van der Waals surface area contributed by atoms with Crippen LogP contribution in [0.2, 0.25) is 0 Å². The number of rotatable bonds is 6. The molecule has 4 rings (SSSR count). The molecule has 1 fully saturated rings. The summed E-state index contributed by atoms with van der Waals surface area (Å²) in [7, 11) is 0. The van der Waals surface area contributed by atoms with E-state index in [9.17, 15) is 29.3 Å². The maximum Gasteiger partial charge on any atom is 0.273 e. The van der Waals surface area contributed by atoms with Crippen LogP contribution >= 0.6 is 0 Å². The fraction of sp³-hybridized carbons (Fsp3) is 0.280. The molecule has 0 radical (unpaired) electrons. The number of ketones is 1. The number of amides is 3. The van der Waals surface area contributed by atoms with Crippen molar-refractivity contribution < 1.29 is 24.1 Å². The van der Waals surface area contributed by atoms with Crippen molar-refractivity contribution >= 4 is 29.2 Å². The molecule has 34 heavy (non-hydrogen) atoms. The first-order valence-electron chi connectivity index (χ1n) is 10.9. The maximum atomic E-state index is 13.5. The minimum Gasteiger partial charge on any atom is -0.292 e. The molecule has 1 aliphatic heterocycles. The Labute approximate surface area is 195 Å². The zero-order valence-corrected chi connectivity index (χ0v) is 18.7. The predicted octanol–water partition coefficient (Wildman–Crippen LogP) is 3.34. The topological polar surface area (TPSA) is 118 Å². The molecular formula is C25H23N3O6. The summed E-state index contributed by atoms with van der Waals surface area (Å²) in [6.07, 6.45) is 4.10. The zero-order valence-electron chi connectivity index (χ0n) is 18.7. The van der Waals surface area contributed by atoms with Crippen LogP contribution in [0.1, 0.15) is 39.6 Å². The molecule has 0 saturated carbocycles. The number of hydrogen-bond acceptors (Lipinski definition) is 6.